The molecule has 112 valence electrons. The van der Waals surface area contributed by atoms with Crippen molar-refractivity contribution in [3.8, 4) is 17.0 Å². The molecule has 0 radical (unpaired) electrons. The minimum atomic E-state index is -0.742. The molecule has 0 bridgehead atoms. The predicted molar refractivity (Wildman–Crippen MR) is 83.1 cm³/mol. The van der Waals surface area contributed by atoms with Gasteiger partial charge in [-0.1, -0.05) is 23.8 Å². The van der Waals surface area contributed by atoms with Gasteiger partial charge in [-0.25, -0.2) is 9.78 Å². The molecule has 5 heteroatoms. The van der Waals surface area contributed by atoms with Gasteiger partial charge in [0, 0.05) is 11.8 Å². The second kappa shape index (κ2) is 5.52. The summed E-state index contributed by atoms with van der Waals surface area (Å²) in [5, 5.41) is 0. The van der Waals surface area contributed by atoms with Crippen molar-refractivity contribution in [1.82, 2.24) is 9.38 Å². The van der Waals surface area contributed by atoms with Gasteiger partial charge in [-0.3, -0.25) is 0 Å². The van der Waals surface area contributed by atoms with Gasteiger partial charge in [0.25, 0.3) is 0 Å². The zero-order valence-electron chi connectivity index (χ0n) is 12.7. The molecule has 0 aliphatic rings. The lowest BCUT2D eigenvalue weighted by molar-refractivity contribution is 0.121. The highest BCUT2D eigenvalue weighted by molar-refractivity contribution is 5.67. The Morgan fingerprint density at radius 3 is 2.68 bits per heavy atom. The van der Waals surface area contributed by atoms with Crippen LogP contribution in [0.4, 0.5) is 4.79 Å². The molecule has 22 heavy (non-hydrogen) atoms. The number of rotatable bonds is 2. The third-order valence-electron chi connectivity index (χ3n) is 3.45. The summed E-state index contributed by atoms with van der Waals surface area (Å²) >= 11 is 0. The summed E-state index contributed by atoms with van der Waals surface area (Å²) < 4.78 is 11.3. The highest BCUT2D eigenvalue weighted by atomic mass is 16.7. The van der Waals surface area contributed by atoms with Gasteiger partial charge < -0.3 is 13.9 Å². The van der Waals surface area contributed by atoms with Crippen molar-refractivity contribution in [2.45, 2.75) is 13.8 Å². The van der Waals surface area contributed by atoms with Gasteiger partial charge in [-0.05, 0) is 31.5 Å². The van der Waals surface area contributed by atoms with E-state index in [1.54, 1.807) is 18.3 Å². The van der Waals surface area contributed by atoms with E-state index in [0.717, 1.165) is 16.9 Å². The highest BCUT2D eigenvalue weighted by Gasteiger charge is 2.09. The molecule has 0 saturated carbocycles. The van der Waals surface area contributed by atoms with Crippen LogP contribution in [0.3, 0.4) is 0 Å². The summed E-state index contributed by atoms with van der Waals surface area (Å²) in [6, 6.07) is 9.75. The first-order valence-electron chi connectivity index (χ1n) is 6.89. The number of nitrogens with zero attached hydrogens (tertiary/aromatic N) is 2. The van der Waals surface area contributed by atoms with Crippen molar-refractivity contribution in [1.29, 1.82) is 0 Å². The van der Waals surface area contributed by atoms with E-state index in [1.165, 1.54) is 18.2 Å². The SMILES string of the molecule is COC(=O)Oc1ccc2nc(-c3ccc(C)cc3C)cn2c1. The quantitative estimate of drug-likeness (QED) is 0.676. The number of carbonyl (C=O) groups is 1. The molecule has 0 spiro atoms. The Kier molecular flexibility index (Phi) is 3.55. The lowest BCUT2D eigenvalue weighted by Gasteiger charge is -2.03. The number of methoxy groups -OCH3 is 1. The first-order chi connectivity index (χ1) is 10.6. The molecule has 2 aromatic heterocycles. The Balaban J connectivity index is 2.00. The number of pyridine rings is 1. The van der Waals surface area contributed by atoms with Gasteiger partial charge in [0.05, 0.1) is 19.0 Å². The van der Waals surface area contributed by atoms with E-state index < -0.39 is 6.16 Å². The smallest absolute Gasteiger partial charge is 0.437 e. The first-order valence-corrected chi connectivity index (χ1v) is 6.89. The molecule has 0 atom stereocenters. The maximum atomic E-state index is 11.2. The van der Waals surface area contributed by atoms with Crippen LogP contribution in [0.25, 0.3) is 16.9 Å². The van der Waals surface area contributed by atoms with E-state index in [-0.39, 0.29) is 0 Å². The summed E-state index contributed by atoms with van der Waals surface area (Å²) in [6.45, 7) is 4.13. The van der Waals surface area contributed by atoms with Crippen LogP contribution < -0.4 is 4.74 Å². The van der Waals surface area contributed by atoms with Crippen LogP contribution in [-0.2, 0) is 4.74 Å². The van der Waals surface area contributed by atoms with E-state index in [1.807, 2.05) is 10.6 Å². The van der Waals surface area contributed by atoms with Gasteiger partial charge in [0.1, 0.15) is 5.65 Å². The second-order valence-corrected chi connectivity index (χ2v) is 5.13. The third-order valence-corrected chi connectivity index (χ3v) is 3.45. The number of carbonyl (C=O) groups excluding carboxylic acids is 1. The fraction of sp³-hybridized carbons (Fsp3) is 0.176. The number of fused-ring (bicyclic) bond motifs is 1. The van der Waals surface area contributed by atoms with Crippen molar-refractivity contribution in [2.24, 2.45) is 0 Å². The molecule has 1 aromatic carbocycles. The number of imidazole rings is 1. The van der Waals surface area contributed by atoms with Gasteiger partial charge in [-0.15, -0.1) is 0 Å². The normalized spacial score (nSPS) is 10.7. The highest BCUT2D eigenvalue weighted by Crippen LogP contribution is 2.25. The lowest BCUT2D eigenvalue weighted by Crippen LogP contribution is -2.07. The van der Waals surface area contributed by atoms with Gasteiger partial charge >= 0.3 is 6.16 Å². The van der Waals surface area contributed by atoms with Gasteiger partial charge in [0.2, 0.25) is 0 Å². The van der Waals surface area contributed by atoms with Crippen molar-refractivity contribution >= 4 is 11.8 Å². The Morgan fingerprint density at radius 2 is 1.95 bits per heavy atom. The molecule has 0 unspecified atom stereocenters. The maximum absolute atomic E-state index is 11.2. The zero-order valence-corrected chi connectivity index (χ0v) is 12.7. The Hall–Kier alpha value is -2.82. The molecule has 2 heterocycles. The zero-order chi connectivity index (χ0) is 15.7. The summed E-state index contributed by atoms with van der Waals surface area (Å²) in [7, 11) is 1.27. The largest absolute Gasteiger partial charge is 0.513 e. The Morgan fingerprint density at radius 1 is 1.14 bits per heavy atom. The average Bonchev–Trinajstić information content (AvgIpc) is 2.89. The Labute approximate surface area is 128 Å². The minimum absolute atomic E-state index is 0.406. The first kappa shape index (κ1) is 14.1. The van der Waals surface area contributed by atoms with Crippen molar-refractivity contribution in [3.63, 3.8) is 0 Å². The fourth-order valence-electron chi connectivity index (χ4n) is 2.40. The van der Waals surface area contributed by atoms with Crippen molar-refractivity contribution in [3.05, 3.63) is 53.9 Å². The van der Waals surface area contributed by atoms with Crippen LogP contribution in [0.2, 0.25) is 0 Å². The molecular formula is C17H16N2O3. The monoisotopic (exact) mass is 296 g/mol. The number of hydrogen-bond acceptors (Lipinski definition) is 4. The van der Waals surface area contributed by atoms with Crippen molar-refractivity contribution < 1.29 is 14.3 Å². The number of aromatic nitrogens is 2. The van der Waals surface area contributed by atoms with Crippen LogP contribution in [0, 0.1) is 13.8 Å². The number of aryl methyl sites for hydroxylation is 2. The Bertz CT molecular complexity index is 852. The lowest BCUT2D eigenvalue weighted by atomic mass is 10.0. The standard InChI is InChI=1S/C17H16N2O3/c1-11-4-6-14(12(2)8-11)15-10-19-9-13(22-17(20)21-3)5-7-16(19)18-15/h4-10H,1-3H3. The summed E-state index contributed by atoms with van der Waals surface area (Å²) in [6.07, 6.45) is 2.87. The molecule has 0 fully saturated rings. The fourth-order valence-corrected chi connectivity index (χ4v) is 2.40. The molecule has 0 amide bonds. The van der Waals surface area contributed by atoms with Gasteiger partial charge in [-0.2, -0.15) is 0 Å². The van der Waals surface area contributed by atoms with Crippen LogP contribution in [0.1, 0.15) is 11.1 Å². The van der Waals surface area contributed by atoms with Crippen LogP contribution in [0.15, 0.2) is 42.7 Å². The molecular weight excluding hydrogens is 280 g/mol. The van der Waals surface area contributed by atoms with E-state index >= 15 is 0 Å². The predicted octanol–water partition coefficient (Wildman–Crippen LogP) is 3.76. The van der Waals surface area contributed by atoms with Crippen LogP contribution in [-0.4, -0.2) is 22.6 Å². The second-order valence-electron chi connectivity index (χ2n) is 5.13. The minimum Gasteiger partial charge on any atom is -0.437 e. The van der Waals surface area contributed by atoms with E-state index in [4.69, 9.17) is 4.74 Å². The summed E-state index contributed by atoms with van der Waals surface area (Å²) in [5.74, 6) is 0.406. The summed E-state index contributed by atoms with van der Waals surface area (Å²) in [4.78, 5) is 15.8. The topological polar surface area (TPSA) is 52.8 Å². The van der Waals surface area contributed by atoms with Gasteiger partial charge in [0.15, 0.2) is 5.75 Å². The molecule has 0 N–H and O–H groups in total. The molecule has 0 aliphatic carbocycles. The average molecular weight is 296 g/mol. The van der Waals surface area contributed by atoms with Crippen molar-refractivity contribution in [2.75, 3.05) is 7.11 Å². The molecule has 0 saturated heterocycles. The van der Waals surface area contributed by atoms with E-state index in [2.05, 4.69) is 41.8 Å². The van der Waals surface area contributed by atoms with Crippen LogP contribution in [0.5, 0.6) is 5.75 Å². The number of benzene rings is 1. The van der Waals surface area contributed by atoms with E-state index in [0.29, 0.717) is 5.75 Å². The maximum Gasteiger partial charge on any atom is 0.513 e. The number of hydrogen-bond donors (Lipinski definition) is 0. The van der Waals surface area contributed by atoms with Crippen LogP contribution >= 0.6 is 0 Å². The molecule has 3 rings (SSSR count). The van der Waals surface area contributed by atoms with E-state index in [9.17, 15) is 4.79 Å². The molecule has 3 aromatic rings. The molecule has 0 aliphatic heterocycles. The number of ether oxygens (including phenoxy) is 2. The summed E-state index contributed by atoms with van der Waals surface area (Å²) in [5.41, 5.74) is 5.15. The third kappa shape index (κ3) is 2.65. The molecule has 5 nitrogen and oxygen atoms in total.